The molecule has 0 spiro atoms. The van der Waals surface area contributed by atoms with E-state index in [-0.39, 0.29) is 6.42 Å². The third-order valence-corrected chi connectivity index (χ3v) is 3.94. The first-order valence-corrected chi connectivity index (χ1v) is 7.86. The van der Waals surface area contributed by atoms with Crippen molar-refractivity contribution in [3.63, 3.8) is 0 Å². The molecule has 2 aromatic rings. The SMILES string of the molecule is CCCOc1ccc(Br)cc1-c1nc(CC(=O)O)cs1. The summed E-state index contributed by atoms with van der Waals surface area (Å²) in [6, 6.07) is 5.75. The largest absolute Gasteiger partial charge is 0.493 e. The van der Waals surface area contributed by atoms with Gasteiger partial charge in [0.1, 0.15) is 10.8 Å². The summed E-state index contributed by atoms with van der Waals surface area (Å²) in [6.45, 7) is 2.69. The Morgan fingerprint density at radius 3 is 3.00 bits per heavy atom. The molecule has 6 heteroatoms. The molecule has 0 aliphatic rings. The van der Waals surface area contributed by atoms with Crippen LogP contribution < -0.4 is 4.74 Å². The van der Waals surface area contributed by atoms with E-state index in [4.69, 9.17) is 9.84 Å². The van der Waals surface area contributed by atoms with Crippen LogP contribution in [-0.2, 0) is 11.2 Å². The van der Waals surface area contributed by atoms with Gasteiger partial charge in [-0.05, 0) is 24.6 Å². The van der Waals surface area contributed by atoms with Crippen LogP contribution in [0.25, 0.3) is 10.6 Å². The fraction of sp³-hybridized carbons (Fsp3) is 0.286. The van der Waals surface area contributed by atoms with E-state index in [1.54, 1.807) is 5.38 Å². The van der Waals surface area contributed by atoms with Crippen LogP contribution in [0.15, 0.2) is 28.1 Å². The Hall–Kier alpha value is -1.40. The lowest BCUT2D eigenvalue weighted by molar-refractivity contribution is -0.136. The highest BCUT2D eigenvalue weighted by atomic mass is 79.9. The molecule has 0 saturated carbocycles. The Kier molecular flexibility index (Phi) is 5.14. The van der Waals surface area contributed by atoms with Gasteiger partial charge in [-0.2, -0.15) is 0 Å². The van der Waals surface area contributed by atoms with Crippen molar-refractivity contribution in [2.75, 3.05) is 6.61 Å². The topological polar surface area (TPSA) is 59.4 Å². The maximum Gasteiger partial charge on any atom is 0.309 e. The third-order valence-electron chi connectivity index (χ3n) is 2.52. The number of aromatic nitrogens is 1. The molecule has 1 heterocycles. The van der Waals surface area contributed by atoms with Crippen LogP contribution in [0.1, 0.15) is 19.0 Å². The lowest BCUT2D eigenvalue weighted by atomic mass is 10.2. The third kappa shape index (κ3) is 3.80. The molecule has 1 N–H and O–H groups in total. The van der Waals surface area contributed by atoms with Crippen LogP contribution >= 0.6 is 27.3 Å². The summed E-state index contributed by atoms with van der Waals surface area (Å²) in [4.78, 5) is 15.1. The number of thiazole rings is 1. The summed E-state index contributed by atoms with van der Waals surface area (Å²) in [5.74, 6) is -0.107. The van der Waals surface area contributed by atoms with Crippen molar-refractivity contribution in [1.29, 1.82) is 0 Å². The lowest BCUT2D eigenvalue weighted by Gasteiger charge is -2.09. The van der Waals surface area contributed by atoms with E-state index in [9.17, 15) is 4.79 Å². The van der Waals surface area contributed by atoms with Crippen molar-refractivity contribution in [2.24, 2.45) is 0 Å². The Morgan fingerprint density at radius 1 is 1.50 bits per heavy atom. The predicted molar refractivity (Wildman–Crippen MR) is 82.4 cm³/mol. The van der Waals surface area contributed by atoms with Gasteiger partial charge >= 0.3 is 5.97 Å². The molecule has 2 rings (SSSR count). The first-order chi connectivity index (χ1) is 9.60. The second-order valence-electron chi connectivity index (χ2n) is 4.20. The van der Waals surface area contributed by atoms with E-state index in [0.29, 0.717) is 12.3 Å². The van der Waals surface area contributed by atoms with Crippen LogP contribution in [-0.4, -0.2) is 22.7 Å². The quantitative estimate of drug-likeness (QED) is 0.850. The number of halogens is 1. The number of aliphatic carboxylic acids is 1. The van der Waals surface area contributed by atoms with Crippen molar-refractivity contribution in [3.8, 4) is 16.3 Å². The molecule has 1 aromatic carbocycles. The zero-order chi connectivity index (χ0) is 14.5. The molecule has 4 nitrogen and oxygen atoms in total. The highest BCUT2D eigenvalue weighted by Crippen LogP contribution is 2.34. The number of benzene rings is 1. The number of rotatable bonds is 6. The van der Waals surface area contributed by atoms with Gasteiger partial charge in [-0.15, -0.1) is 11.3 Å². The molecule has 0 aliphatic carbocycles. The predicted octanol–water partition coefficient (Wildman–Crippen LogP) is 3.99. The molecule has 0 bridgehead atoms. The summed E-state index contributed by atoms with van der Waals surface area (Å²) in [5, 5.41) is 11.3. The summed E-state index contributed by atoms with van der Waals surface area (Å²) >= 11 is 4.86. The number of ether oxygens (including phenoxy) is 1. The minimum absolute atomic E-state index is 0.0599. The average Bonchev–Trinajstić information content (AvgIpc) is 2.84. The molecule has 0 atom stereocenters. The van der Waals surface area contributed by atoms with Crippen LogP contribution in [0.3, 0.4) is 0 Å². The molecule has 20 heavy (non-hydrogen) atoms. The highest BCUT2D eigenvalue weighted by molar-refractivity contribution is 9.10. The van der Waals surface area contributed by atoms with Gasteiger partial charge in [-0.25, -0.2) is 4.98 Å². The van der Waals surface area contributed by atoms with Gasteiger partial charge in [0.25, 0.3) is 0 Å². The molecular formula is C14H14BrNO3S. The first-order valence-electron chi connectivity index (χ1n) is 6.19. The number of hydrogen-bond donors (Lipinski definition) is 1. The van der Waals surface area contributed by atoms with Gasteiger partial charge < -0.3 is 9.84 Å². The fourth-order valence-electron chi connectivity index (χ4n) is 1.67. The number of nitrogens with zero attached hydrogens (tertiary/aromatic N) is 1. The maximum absolute atomic E-state index is 10.7. The molecule has 1 aromatic heterocycles. The van der Waals surface area contributed by atoms with E-state index in [1.165, 1.54) is 11.3 Å². The van der Waals surface area contributed by atoms with Crippen molar-refractivity contribution >= 4 is 33.2 Å². The van der Waals surface area contributed by atoms with Crippen molar-refractivity contribution in [1.82, 2.24) is 4.98 Å². The summed E-state index contributed by atoms with van der Waals surface area (Å²) in [7, 11) is 0. The summed E-state index contributed by atoms with van der Waals surface area (Å²) < 4.78 is 6.65. The Labute approximate surface area is 129 Å². The molecular weight excluding hydrogens is 342 g/mol. The van der Waals surface area contributed by atoms with Gasteiger partial charge in [-0.3, -0.25) is 4.79 Å². The Balaban J connectivity index is 2.32. The molecule has 0 aliphatic heterocycles. The second kappa shape index (κ2) is 6.85. The van der Waals surface area contributed by atoms with Crippen LogP contribution in [0, 0.1) is 0 Å². The maximum atomic E-state index is 10.7. The fourth-order valence-corrected chi connectivity index (χ4v) is 2.88. The standard InChI is InChI=1S/C14H14BrNO3S/c1-2-5-19-12-4-3-9(15)6-11(12)14-16-10(8-20-14)7-13(17)18/h3-4,6,8H,2,5,7H2,1H3,(H,17,18). The average molecular weight is 356 g/mol. The van der Waals surface area contributed by atoms with E-state index in [2.05, 4.69) is 20.9 Å². The van der Waals surface area contributed by atoms with E-state index in [1.807, 2.05) is 25.1 Å². The Morgan fingerprint density at radius 2 is 2.30 bits per heavy atom. The molecule has 106 valence electrons. The van der Waals surface area contributed by atoms with Gasteiger partial charge in [0.15, 0.2) is 0 Å². The number of hydrogen-bond acceptors (Lipinski definition) is 4. The van der Waals surface area contributed by atoms with Gasteiger partial charge in [0, 0.05) is 9.85 Å². The van der Waals surface area contributed by atoms with Crippen LogP contribution in [0.5, 0.6) is 5.75 Å². The number of carbonyl (C=O) groups is 1. The van der Waals surface area contributed by atoms with E-state index >= 15 is 0 Å². The monoisotopic (exact) mass is 355 g/mol. The minimum atomic E-state index is -0.876. The zero-order valence-electron chi connectivity index (χ0n) is 10.9. The molecule has 0 amide bonds. The Bertz CT molecular complexity index is 612. The normalized spacial score (nSPS) is 10.5. The number of carboxylic acid groups (broad SMARTS) is 1. The van der Waals surface area contributed by atoms with Gasteiger partial charge in [0.2, 0.25) is 0 Å². The molecule has 0 fully saturated rings. The lowest BCUT2D eigenvalue weighted by Crippen LogP contribution is -2.00. The zero-order valence-corrected chi connectivity index (χ0v) is 13.3. The summed E-state index contributed by atoms with van der Waals surface area (Å²) in [6.07, 6.45) is 0.868. The second-order valence-corrected chi connectivity index (χ2v) is 5.98. The van der Waals surface area contributed by atoms with Gasteiger partial charge in [0.05, 0.1) is 24.3 Å². The highest BCUT2D eigenvalue weighted by Gasteiger charge is 2.13. The smallest absolute Gasteiger partial charge is 0.309 e. The van der Waals surface area contributed by atoms with E-state index in [0.717, 1.165) is 27.2 Å². The van der Waals surface area contributed by atoms with E-state index < -0.39 is 5.97 Å². The molecule has 0 radical (unpaired) electrons. The van der Waals surface area contributed by atoms with Crippen molar-refractivity contribution < 1.29 is 14.6 Å². The van der Waals surface area contributed by atoms with Gasteiger partial charge in [-0.1, -0.05) is 22.9 Å². The first kappa shape index (κ1) is 15.0. The summed E-state index contributed by atoms with van der Waals surface area (Å²) in [5.41, 5.74) is 1.45. The minimum Gasteiger partial charge on any atom is -0.493 e. The van der Waals surface area contributed by atoms with Crippen LogP contribution in [0.2, 0.25) is 0 Å². The van der Waals surface area contributed by atoms with Crippen molar-refractivity contribution in [3.05, 3.63) is 33.7 Å². The number of carboxylic acids is 1. The van der Waals surface area contributed by atoms with Crippen LogP contribution in [0.4, 0.5) is 0 Å². The van der Waals surface area contributed by atoms with Crippen molar-refractivity contribution in [2.45, 2.75) is 19.8 Å². The molecule has 0 saturated heterocycles. The molecule has 0 unspecified atom stereocenters.